The van der Waals surface area contributed by atoms with Crippen molar-refractivity contribution in [2.45, 2.75) is 405 Å². The molecule has 504 valence electrons. The minimum absolute atomic E-state index is 0.0180. The molecule has 0 aliphatic heterocycles. The fraction of sp³-hybridized carbons (Fsp3) is 0.920. The maximum atomic E-state index is 13.6. The molecule has 0 saturated heterocycles. The molecule has 0 saturated carbocycles. The fourth-order valence-electron chi connectivity index (χ4n) is 11.6. The molecule has 1 amide bonds. The first-order valence-electron chi connectivity index (χ1n) is 37.6. The minimum Gasteiger partial charge on any atom is -0.756 e. The summed E-state index contributed by atoms with van der Waals surface area (Å²) in [4.78, 5) is 40.3. The second-order valence-electron chi connectivity index (χ2n) is 27.2. The first-order valence-corrected chi connectivity index (χ1v) is 39.1. The average molecular weight is 1220 g/mol. The van der Waals surface area contributed by atoms with Gasteiger partial charge in [0.05, 0.1) is 33.8 Å². The number of carbonyl (C=O) groups is 2. The molecule has 0 aliphatic carbocycles. The lowest BCUT2D eigenvalue weighted by atomic mass is 10.0. The van der Waals surface area contributed by atoms with E-state index in [4.69, 9.17) is 13.8 Å². The third-order valence-electron chi connectivity index (χ3n) is 17.4. The third-order valence-corrected chi connectivity index (χ3v) is 18.3. The van der Waals surface area contributed by atoms with Crippen molar-refractivity contribution in [1.82, 2.24) is 5.32 Å². The third kappa shape index (κ3) is 66.7. The van der Waals surface area contributed by atoms with Crippen molar-refractivity contribution >= 4 is 19.7 Å². The Kier molecular flexibility index (Phi) is 64.3. The van der Waals surface area contributed by atoms with E-state index in [1.165, 1.54) is 302 Å². The number of hydrogen-bond acceptors (Lipinski definition) is 7. The van der Waals surface area contributed by atoms with Gasteiger partial charge in [-0.1, -0.05) is 347 Å². The fourth-order valence-corrected chi connectivity index (χ4v) is 12.3. The summed E-state index contributed by atoms with van der Waals surface area (Å²) >= 11 is 0. The van der Waals surface area contributed by atoms with Gasteiger partial charge in [-0.05, 0) is 57.4 Å². The number of quaternary nitrogens is 1. The zero-order valence-corrected chi connectivity index (χ0v) is 58.7. The molecule has 9 nitrogen and oxygen atoms in total. The van der Waals surface area contributed by atoms with Crippen LogP contribution < -0.4 is 10.2 Å². The number of rotatable bonds is 70. The van der Waals surface area contributed by atoms with E-state index in [-0.39, 0.29) is 31.5 Å². The van der Waals surface area contributed by atoms with Crippen molar-refractivity contribution in [3.8, 4) is 0 Å². The largest absolute Gasteiger partial charge is 0.756 e. The summed E-state index contributed by atoms with van der Waals surface area (Å²) in [5.41, 5.74) is 0. The molecule has 3 unspecified atom stereocenters. The summed E-state index contributed by atoms with van der Waals surface area (Å²) in [5, 5.41) is 3.06. The van der Waals surface area contributed by atoms with E-state index in [1.54, 1.807) is 0 Å². The van der Waals surface area contributed by atoms with E-state index < -0.39 is 20.0 Å². The molecular weight excluding hydrogens is 1070 g/mol. The quantitative estimate of drug-likeness (QED) is 0.0212. The standard InChI is InChI=1S/C75H147N2O7P/c1-7-10-13-16-19-22-25-28-30-32-34-36-37-38-39-41-42-44-46-49-52-55-58-61-64-67-74(78)76-72(71-83-85(80,81)82-70-69-77(4,5)6)73(66-63-60-57-54-51-48-27-24-21-18-15-12-9-3)84-75(79)68-65-62-59-56-53-50-47-45-43-40-35-33-31-29-26-23-20-17-14-11-8-2/h29,31,63,66,72-73H,7-28,30,32-62,64-65,67-71H2,1-6H3,(H-,76,78,80,81)/b31-29+,66-63+. The van der Waals surface area contributed by atoms with Crippen LogP contribution in [0.2, 0.25) is 0 Å². The van der Waals surface area contributed by atoms with Gasteiger partial charge in [0.2, 0.25) is 5.91 Å². The molecule has 85 heavy (non-hydrogen) atoms. The number of ether oxygens (including phenoxy) is 1. The molecule has 0 rings (SSSR count). The molecule has 0 aromatic heterocycles. The van der Waals surface area contributed by atoms with E-state index in [1.807, 2.05) is 33.3 Å². The maximum absolute atomic E-state index is 13.6. The SMILES string of the molecule is CCCCCCCC/C=C/CCCCCCCCCCCCCC(=O)OC(/C=C/CCCCCCCCCCCCC)C(COP(=O)([O-])OCC[N+](C)(C)C)NC(=O)CCCCCCCCCCCCCCCCCCCCCCCCCCC. The number of esters is 1. The number of amides is 1. The number of nitrogens with zero attached hydrogens (tertiary/aromatic N) is 1. The lowest BCUT2D eigenvalue weighted by Crippen LogP contribution is -2.47. The van der Waals surface area contributed by atoms with E-state index in [2.05, 4.69) is 38.2 Å². The van der Waals surface area contributed by atoms with E-state index in [0.29, 0.717) is 17.4 Å². The van der Waals surface area contributed by atoms with Crippen LogP contribution in [0, 0.1) is 0 Å². The van der Waals surface area contributed by atoms with Crippen LogP contribution in [0.4, 0.5) is 0 Å². The molecule has 0 aromatic carbocycles. The van der Waals surface area contributed by atoms with Crippen molar-refractivity contribution in [1.29, 1.82) is 0 Å². The van der Waals surface area contributed by atoms with E-state index >= 15 is 0 Å². The summed E-state index contributed by atoms with van der Waals surface area (Å²) < 4.78 is 30.5. The van der Waals surface area contributed by atoms with Crippen molar-refractivity contribution < 1.29 is 37.3 Å². The molecule has 1 N–H and O–H groups in total. The van der Waals surface area contributed by atoms with Gasteiger partial charge in [-0.15, -0.1) is 0 Å². The van der Waals surface area contributed by atoms with Crippen molar-refractivity contribution in [3.63, 3.8) is 0 Å². The van der Waals surface area contributed by atoms with Crippen LogP contribution >= 0.6 is 7.82 Å². The normalized spacial score (nSPS) is 13.5. The molecule has 0 aromatic rings. The van der Waals surface area contributed by atoms with Crippen molar-refractivity contribution in [2.24, 2.45) is 0 Å². The Hall–Kier alpha value is -1.51. The van der Waals surface area contributed by atoms with Crippen LogP contribution in [0.25, 0.3) is 0 Å². The van der Waals surface area contributed by atoms with E-state index in [9.17, 15) is 19.0 Å². The van der Waals surface area contributed by atoms with E-state index in [0.717, 1.165) is 57.8 Å². The highest BCUT2D eigenvalue weighted by Gasteiger charge is 2.27. The topological polar surface area (TPSA) is 114 Å². The summed E-state index contributed by atoms with van der Waals surface area (Å²) in [6, 6.07) is -0.884. The molecule has 0 aliphatic rings. The molecule has 0 radical (unpaired) electrons. The summed E-state index contributed by atoms with van der Waals surface area (Å²) in [6.07, 6.45) is 80.2. The predicted molar refractivity (Wildman–Crippen MR) is 367 cm³/mol. The lowest BCUT2D eigenvalue weighted by Gasteiger charge is -2.30. The predicted octanol–water partition coefficient (Wildman–Crippen LogP) is 23.4. The molecule has 10 heteroatoms. The van der Waals surface area contributed by atoms with Gasteiger partial charge in [0.1, 0.15) is 19.3 Å². The molecule has 0 bridgehead atoms. The first-order chi connectivity index (χ1) is 41.4. The second-order valence-corrected chi connectivity index (χ2v) is 28.6. The van der Waals surface area contributed by atoms with Gasteiger partial charge in [-0.3, -0.25) is 14.2 Å². The number of unbranched alkanes of at least 4 members (excludes halogenated alkanes) is 52. The Morgan fingerprint density at radius 2 is 0.682 bits per heavy atom. The van der Waals surface area contributed by atoms with Crippen LogP contribution in [0.15, 0.2) is 24.3 Å². The average Bonchev–Trinajstić information content (AvgIpc) is 3.48. The Labute approximate surface area is 530 Å². The van der Waals surface area contributed by atoms with Crippen molar-refractivity contribution in [2.75, 3.05) is 40.9 Å². The Morgan fingerprint density at radius 1 is 0.400 bits per heavy atom. The van der Waals surface area contributed by atoms with Gasteiger partial charge in [0, 0.05) is 12.8 Å². The number of carbonyl (C=O) groups excluding carboxylic acids is 2. The van der Waals surface area contributed by atoms with Crippen LogP contribution in [0.5, 0.6) is 0 Å². The number of allylic oxidation sites excluding steroid dienone is 3. The van der Waals surface area contributed by atoms with Crippen LogP contribution in [0.1, 0.15) is 393 Å². The first kappa shape index (κ1) is 83.5. The minimum atomic E-state index is -4.70. The highest BCUT2D eigenvalue weighted by molar-refractivity contribution is 7.45. The Balaban J connectivity index is 5.00. The molecule has 0 heterocycles. The highest BCUT2D eigenvalue weighted by atomic mass is 31.2. The van der Waals surface area contributed by atoms with Crippen molar-refractivity contribution in [3.05, 3.63) is 24.3 Å². The summed E-state index contributed by atoms with van der Waals surface area (Å²) in [6.45, 7) is 6.92. The summed E-state index contributed by atoms with van der Waals surface area (Å²) in [5.74, 6) is -0.516. The number of phosphoric ester groups is 1. The van der Waals surface area contributed by atoms with Gasteiger partial charge >= 0.3 is 5.97 Å². The zero-order valence-electron chi connectivity index (χ0n) is 57.8. The smallest absolute Gasteiger partial charge is 0.306 e. The molecular formula is C75H147N2O7P. The Bertz CT molecular complexity index is 1500. The molecule has 0 fully saturated rings. The van der Waals surface area contributed by atoms with Crippen LogP contribution in [-0.4, -0.2) is 69.4 Å². The molecule has 0 spiro atoms. The summed E-state index contributed by atoms with van der Waals surface area (Å²) in [7, 11) is 1.21. The number of likely N-dealkylation sites (N-methyl/N-ethyl adjacent to an activating group) is 1. The van der Waals surface area contributed by atoms with Gasteiger partial charge < -0.3 is 28.5 Å². The van der Waals surface area contributed by atoms with Crippen LogP contribution in [-0.2, 0) is 27.9 Å². The zero-order chi connectivity index (χ0) is 62.1. The lowest BCUT2D eigenvalue weighted by molar-refractivity contribution is -0.870. The van der Waals surface area contributed by atoms with Gasteiger partial charge in [0.15, 0.2) is 0 Å². The number of hydrogen-bond donors (Lipinski definition) is 1. The van der Waals surface area contributed by atoms with Gasteiger partial charge in [-0.25, -0.2) is 0 Å². The Morgan fingerprint density at radius 3 is 1.00 bits per heavy atom. The second kappa shape index (κ2) is 65.4. The van der Waals surface area contributed by atoms with Gasteiger partial charge in [-0.2, -0.15) is 0 Å². The highest BCUT2D eigenvalue weighted by Crippen LogP contribution is 2.38. The monoisotopic (exact) mass is 1220 g/mol. The number of nitrogens with one attached hydrogen (secondary N) is 1. The molecule has 3 atom stereocenters. The number of phosphoric acid groups is 1. The maximum Gasteiger partial charge on any atom is 0.306 e. The van der Waals surface area contributed by atoms with Gasteiger partial charge in [0.25, 0.3) is 7.82 Å². The van der Waals surface area contributed by atoms with Crippen LogP contribution in [0.3, 0.4) is 0 Å².